The molecule has 4 heteroatoms. The van der Waals surface area contributed by atoms with Crippen LogP contribution in [0.2, 0.25) is 0 Å². The van der Waals surface area contributed by atoms with E-state index < -0.39 is 0 Å². The summed E-state index contributed by atoms with van der Waals surface area (Å²) in [4.78, 5) is 8.55. The number of hydrogen-bond acceptors (Lipinski definition) is 4. The summed E-state index contributed by atoms with van der Waals surface area (Å²) >= 11 is 1.83. The Kier molecular flexibility index (Phi) is 4.03. The summed E-state index contributed by atoms with van der Waals surface area (Å²) in [5.41, 5.74) is 2.66. The van der Waals surface area contributed by atoms with Crippen molar-refractivity contribution in [1.82, 2.24) is 10.3 Å². The Labute approximate surface area is 124 Å². The molecule has 1 aliphatic rings. The highest BCUT2D eigenvalue weighted by Crippen LogP contribution is 2.44. The molecule has 0 aliphatic heterocycles. The van der Waals surface area contributed by atoms with E-state index in [9.17, 15) is 0 Å². The topological polar surface area (TPSA) is 28.2 Å². The number of anilines is 1. The van der Waals surface area contributed by atoms with Crippen LogP contribution in [0.25, 0.3) is 0 Å². The van der Waals surface area contributed by atoms with Crippen LogP contribution in [-0.4, -0.2) is 19.1 Å². The zero-order valence-corrected chi connectivity index (χ0v) is 12.9. The monoisotopic (exact) mass is 287 g/mol. The van der Waals surface area contributed by atoms with E-state index in [0.29, 0.717) is 5.92 Å². The molecule has 106 valence electrons. The molecule has 3 nitrogen and oxygen atoms in total. The summed E-state index contributed by atoms with van der Waals surface area (Å²) in [5.74, 6) is 0.716. The number of nitrogens with one attached hydrogen (secondary N) is 1. The van der Waals surface area contributed by atoms with Gasteiger partial charge in [-0.05, 0) is 25.5 Å². The van der Waals surface area contributed by atoms with Gasteiger partial charge in [-0.1, -0.05) is 30.3 Å². The number of nitrogens with zero attached hydrogens (tertiary/aromatic N) is 2. The molecule has 2 aromatic rings. The van der Waals surface area contributed by atoms with E-state index in [4.69, 9.17) is 4.98 Å². The first kappa shape index (κ1) is 13.6. The molecule has 1 aromatic heterocycles. The summed E-state index contributed by atoms with van der Waals surface area (Å²) in [7, 11) is 4.13. The van der Waals surface area contributed by atoms with Crippen LogP contribution in [0.3, 0.4) is 0 Å². The quantitative estimate of drug-likeness (QED) is 0.883. The Morgan fingerprint density at radius 1 is 1.30 bits per heavy atom. The van der Waals surface area contributed by atoms with Gasteiger partial charge in [-0.15, -0.1) is 11.3 Å². The predicted octanol–water partition coefficient (Wildman–Crippen LogP) is 3.38. The molecular weight excluding hydrogens is 266 g/mol. The minimum atomic E-state index is 0.716. The third-order valence-corrected chi connectivity index (χ3v) is 4.79. The highest BCUT2D eigenvalue weighted by Gasteiger charge is 2.29. The van der Waals surface area contributed by atoms with Gasteiger partial charge in [0, 0.05) is 30.9 Å². The van der Waals surface area contributed by atoms with E-state index in [-0.39, 0.29) is 0 Å². The van der Waals surface area contributed by atoms with Crippen molar-refractivity contribution in [3.63, 3.8) is 0 Å². The van der Waals surface area contributed by atoms with E-state index in [2.05, 4.69) is 47.6 Å². The normalized spacial score (nSPS) is 14.5. The van der Waals surface area contributed by atoms with Gasteiger partial charge in [-0.3, -0.25) is 0 Å². The standard InChI is InChI=1S/C16H21N3S/c1-17-10-14-15(13-8-9-13)18-16(20-14)19(2)11-12-6-4-3-5-7-12/h3-7,13,17H,8-11H2,1-2H3. The summed E-state index contributed by atoms with van der Waals surface area (Å²) in [6, 6.07) is 10.6. The fourth-order valence-electron chi connectivity index (χ4n) is 2.40. The Hall–Kier alpha value is -1.39. The van der Waals surface area contributed by atoms with Crippen molar-refractivity contribution < 1.29 is 0 Å². The summed E-state index contributed by atoms with van der Waals surface area (Å²) < 4.78 is 0. The van der Waals surface area contributed by atoms with E-state index in [1.807, 2.05) is 18.4 Å². The molecule has 0 spiro atoms. The van der Waals surface area contributed by atoms with Crippen LogP contribution < -0.4 is 10.2 Å². The minimum absolute atomic E-state index is 0.716. The van der Waals surface area contributed by atoms with Gasteiger partial charge in [0.15, 0.2) is 5.13 Å². The predicted molar refractivity (Wildman–Crippen MR) is 85.4 cm³/mol. The molecule has 0 amide bonds. The van der Waals surface area contributed by atoms with Gasteiger partial charge in [-0.25, -0.2) is 4.98 Å². The van der Waals surface area contributed by atoms with Crippen molar-refractivity contribution in [2.24, 2.45) is 0 Å². The lowest BCUT2D eigenvalue weighted by molar-refractivity contribution is 0.811. The maximum absolute atomic E-state index is 4.89. The molecule has 0 atom stereocenters. The first-order chi connectivity index (χ1) is 9.78. The molecule has 0 saturated heterocycles. The first-order valence-electron chi connectivity index (χ1n) is 7.17. The van der Waals surface area contributed by atoms with Crippen molar-refractivity contribution in [3.8, 4) is 0 Å². The number of benzene rings is 1. The fourth-order valence-corrected chi connectivity index (χ4v) is 3.52. The Morgan fingerprint density at radius 3 is 2.70 bits per heavy atom. The Balaban J connectivity index is 1.77. The van der Waals surface area contributed by atoms with Gasteiger partial charge in [-0.2, -0.15) is 0 Å². The summed E-state index contributed by atoms with van der Waals surface area (Å²) in [5, 5.41) is 4.40. The van der Waals surface area contributed by atoms with Gasteiger partial charge >= 0.3 is 0 Å². The first-order valence-corrected chi connectivity index (χ1v) is 7.99. The molecule has 1 fully saturated rings. The van der Waals surface area contributed by atoms with Crippen molar-refractivity contribution in [3.05, 3.63) is 46.5 Å². The summed E-state index contributed by atoms with van der Waals surface area (Å²) in [6.45, 7) is 1.85. The molecule has 0 radical (unpaired) electrons. The number of aromatic nitrogens is 1. The maximum Gasteiger partial charge on any atom is 0.185 e. The van der Waals surface area contributed by atoms with Crippen LogP contribution in [0, 0.1) is 0 Å². The summed E-state index contributed by atoms with van der Waals surface area (Å²) in [6.07, 6.45) is 2.62. The highest BCUT2D eigenvalue weighted by molar-refractivity contribution is 7.15. The molecule has 1 heterocycles. The van der Waals surface area contributed by atoms with Gasteiger partial charge < -0.3 is 10.2 Å². The molecule has 3 rings (SSSR count). The highest BCUT2D eigenvalue weighted by atomic mass is 32.1. The second-order valence-electron chi connectivity index (χ2n) is 5.45. The molecule has 0 bridgehead atoms. The molecule has 20 heavy (non-hydrogen) atoms. The minimum Gasteiger partial charge on any atom is -0.347 e. The van der Waals surface area contributed by atoms with Gasteiger partial charge in [0.2, 0.25) is 0 Å². The third kappa shape index (κ3) is 3.02. The largest absolute Gasteiger partial charge is 0.347 e. The second kappa shape index (κ2) is 5.94. The molecule has 0 unspecified atom stereocenters. The number of hydrogen-bond donors (Lipinski definition) is 1. The average Bonchev–Trinajstić information content (AvgIpc) is 3.21. The molecule has 1 N–H and O–H groups in total. The van der Waals surface area contributed by atoms with Crippen molar-refractivity contribution in [2.75, 3.05) is 19.0 Å². The Bertz CT molecular complexity index is 560. The van der Waals surface area contributed by atoms with Crippen molar-refractivity contribution in [1.29, 1.82) is 0 Å². The lowest BCUT2D eigenvalue weighted by Gasteiger charge is -2.15. The molecule has 1 aromatic carbocycles. The van der Waals surface area contributed by atoms with Gasteiger partial charge in [0.1, 0.15) is 0 Å². The zero-order valence-electron chi connectivity index (χ0n) is 12.1. The van der Waals surface area contributed by atoms with Crippen LogP contribution in [0.5, 0.6) is 0 Å². The smallest absolute Gasteiger partial charge is 0.185 e. The van der Waals surface area contributed by atoms with Crippen LogP contribution in [-0.2, 0) is 13.1 Å². The van der Waals surface area contributed by atoms with Gasteiger partial charge in [0.05, 0.1) is 5.69 Å². The lowest BCUT2D eigenvalue weighted by atomic mass is 10.2. The van der Waals surface area contributed by atoms with E-state index >= 15 is 0 Å². The van der Waals surface area contributed by atoms with Crippen molar-refractivity contribution in [2.45, 2.75) is 31.8 Å². The van der Waals surface area contributed by atoms with E-state index in [0.717, 1.165) is 18.2 Å². The SMILES string of the molecule is CNCc1sc(N(C)Cc2ccccc2)nc1C1CC1. The Morgan fingerprint density at radius 2 is 2.05 bits per heavy atom. The van der Waals surface area contributed by atoms with Crippen LogP contribution >= 0.6 is 11.3 Å². The van der Waals surface area contributed by atoms with Gasteiger partial charge in [0.25, 0.3) is 0 Å². The molecule has 1 aliphatic carbocycles. The van der Waals surface area contributed by atoms with E-state index in [1.54, 1.807) is 0 Å². The number of thiazole rings is 1. The fraction of sp³-hybridized carbons (Fsp3) is 0.438. The lowest BCUT2D eigenvalue weighted by Crippen LogP contribution is -2.15. The third-order valence-electron chi connectivity index (χ3n) is 3.61. The maximum atomic E-state index is 4.89. The average molecular weight is 287 g/mol. The van der Waals surface area contributed by atoms with Crippen LogP contribution in [0.15, 0.2) is 30.3 Å². The molecule has 1 saturated carbocycles. The van der Waals surface area contributed by atoms with E-state index in [1.165, 1.54) is 29.0 Å². The number of rotatable bonds is 6. The van der Waals surface area contributed by atoms with Crippen LogP contribution in [0.4, 0.5) is 5.13 Å². The van der Waals surface area contributed by atoms with Crippen LogP contribution in [0.1, 0.15) is 34.9 Å². The van der Waals surface area contributed by atoms with Crippen molar-refractivity contribution >= 4 is 16.5 Å². The second-order valence-corrected chi connectivity index (χ2v) is 6.51. The molecular formula is C16H21N3S. The zero-order chi connectivity index (χ0) is 13.9.